The molecule has 23 heavy (non-hydrogen) atoms. The van der Waals surface area contributed by atoms with E-state index < -0.39 is 22.0 Å². The summed E-state index contributed by atoms with van der Waals surface area (Å²) < 4.78 is 28.0. The van der Waals surface area contributed by atoms with Crippen LogP contribution in [0.3, 0.4) is 0 Å². The van der Waals surface area contributed by atoms with E-state index in [1.165, 1.54) is 19.1 Å². The van der Waals surface area contributed by atoms with Crippen molar-refractivity contribution in [3.05, 3.63) is 57.7 Å². The largest absolute Gasteiger partial charge is 0.325 e. The van der Waals surface area contributed by atoms with Crippen molar-refractivity contribution in [2.24, 2.45) is 0 Å². The molecule has 0 aliphatic carbocycles. The number of benzene rings is 2. The molecular weight excluding hydrogens is 427 g/mol. The summed E-state index contributed by atoms with van der Waals surface area (Å²) in [7, 11) is -3.73. The lowest BCUT2D eigenvalue weighted by Crippen LogP contribution is -2.41. The number of hydrogen-bond donors (Lipinski definition) is 2. The Morgan fingerprint density at radius 1 is 1.04 bits per heavy atom. The monoisotopic (exact) mass is 444 g/mol. The molecule has 0 saturated heterocycles. The third kappa shape index (κ3) is 5.02. The normalized spacial score (nSPS) is 12.7. The number of carbonyl (C=O) groups excluding carboxylic acids is 1. The van der Waals surface area contributed by atoms with Gasteiger partial charge in [0.1, 0.15) is 0 Å². The van der Waals surface area contributed by atoms with Crippen LogP contribution in [0, 0.1) is 10.5 Å². The van der Waals surface area contributed by atoms with Gasteiger partial charge in [-0.05, 0) is 72.8 Å². The molecule has 2 N–H and O–H groups in total. The maximum Gasteiger partial charge on any atom is 0.242 e. The molecule has 0 spiro atoms. The number of nitrogens with one attached hydrogen (secondary N) is 2. The van der Waals surface area contributed by atoms with E-state index in [0.717, 1.165) is 9.13 Å². The third-order valence-electron chi connectivity index (χ3n) is 3.17. The van der Waals surface area contributed by atoms with Crippen LogP contribution in [0.1, 0.15) is 12.5 Å². The van der Waals surface area contributed by atoms with E-state index in [0.29, 0.717) is 5.69 Å². The van der Waals surface area contributed by atoms with Crippen molar-refractivity contribution in [2.75, 3.05) is 5.32 Å². The predicted molar refractivity (Wildman–Crippen MR) is 98.8 cm³/mol. The zero-order valence-corrected chi connectivity index (χ0v) is 15.7. The predicted octanol–water partition coefficient (Wildman–Crippen LogP) is 2.91. The molecule has 5 nitrogen and oxygen atoms in total. The van der Waals surface area contributed by atoms with Crippen LogP contribution in [0.25, 0.3) is 0 Å². The van der Waals surface area contributed by atoms with Crippen molar-refractivity contribution in [1.82, 2.24) is 4.72 Å². The first kappa shape index (κ1) is 17.9. The molecule has 0 fully saturated rings. The SMILES string of the molecule is Cc1ccc(S(=O)(=O)NC(C)C(=O)Nc2ccc(I)cc2)cc1. The summed E-state index contributed by atoms with van der Waals surface area (Å²) in [5.41, 5.74) is 1.59. The van der Waals surface area contributed by atoms with E-state index in [4.69, 9.17) is 0 Å². The van der Waals surface area contributed by atoms with Crippen LogP contribution in [0.5, 0.6) is 0 Å². The number of halogens is 1. The molecule has 2 aromatic carbocycles. The maximum atomic E-state index is 12.3. The number of aryl methyl sites for hydroxylation is 1. The number of carbonyl (C=O) groups is 1. The molecule has 0 aliphatic rings. The average Bonchev–Trinajstić information content (AvgIpc) is 2.49. The average molecular weight is 444 g/mol. The number of hydrogen-bond acceptors (Lipinski definition) is 3. The highest BCUT2D eigenvalue weighted by molar-refractivity contribution is 14.1. The molecule has 0 aromatic heterocycles. The molecule has 2 rings (SSSR count). The highest BCUT2D eigenvalue weighted by Gasteiger charge is 2.22. The zero-order valence-electron chi connectivity index (χ0n) is 12.7. The van der Waals surface area contributed by atoms with Gasteiger partial charge in [-0.15, -0.1) is 0 Å². The van der Waals surface area contributed by atoms with Crippen molar-refractivity contribution < 1.29 is 13.2 Å². The highest BCUT2D eigenvalue weighted by atomic mass is 127. The van der Waals surface area contributed by atoms with Crippen LogP contribution >= 0.6 is 22.6 Å². The molecular formula is C16H17IN2O3S. The first-order valence-corrected chi connectivity index (χ1v) is 9.49. The van der Waals surface area contributed by atoms with Gasteiger partial charge in [-0.25, -0.2) is 8.42 Å². The summed E-state index contributed by atoms with van der Waals surface area (Å²) in [6.45, 7) is 3.38. The van der Waals surface area contributed by atoms with Crippen LogP contribution in [0.2, 0.25) is 0 Å². The van der Waals surface area contributed by atoms with Gasteiger partial charge in [0.15, 0.2) is 0 Å². The van der Waals surface area contributed by atoms with Crippen molar-refractivity contribution in [3.8, 4) is 0 Å². The second kappa shape index (κ2) is 7.41. The van der Waals surface area contributed by atoms with Gasteiger partial charge >= 0.3 is 0 Å². The molecule has 1 amide bonds. The Morgan fingerprint density at radius 2 is 1.61 bits per heavy atom. The smallest absolute Gasteiger partial charge is 0.242 e. The van der Waals surface area contributed by atoms with Gasteiger partial charge in [0.05, 0.1) is 10.9 Å². The van der Waals surface area contributed by atoms with E-state index in [9.17, 15) is 13.2 Å². The van der Waals surface area contributed by atoms with E-state index in [2.05, 4.69) is 32.6 Å². The van der Waals surface area contributed by atoms with E-state index >= 15 is 0 Å². The summed E-state index contributed by atoms with van der Waals surface area (Å²) in [6.07, 6.45) is 0. The lowest BCUT2D eigenvalue weighted by molar-refractivity contribution is -0.117. The molecule has 0 aliphatic heterocycles. The number of rotatable bonds is 5. The molecule has 1 atom stereocenters. The number of amides is 1. The Balaban J connectivity index is 2.05. The summed E-state index contributed by atoms with van der Waals surface area (Å²) in [5, 5.41) is 2.68. The number of sulfonamides is 1. The third-order valence-corrected chi connectivity index (χ3v) is 5.44. The van der Waals surface area contributed by atoms with Gasteiger partial charge < -0.3 is 5.32 Å². The summed E-state index contributed by atoms with van der Waals surface area (Å²) in [5.74, 6) is -0.415. The molecule has 2 aromatic rings. The minimum absolute atomic E-state index is 0.136. The van der Waals surface area contributed by atoms with Crippen molar-refractivity contribution in [1.29, 1.82) is 0 Å². The Morgan fingerprint density at radius 3 is 2.17 bits per heavy atom. The van der Waals surface area contributed by atoms with Gasteiger partial charge in [0.2, 0.25) is 15.9 Å². The summed E-state index contributed by atoms with van der Waals surface area (Å²) in [6, 6.07) is 12.8. The molecule has 0 bridgehead atoms. The van der Waals surface area contributed by atoms with Crippen LogP contribution in [-0.2, 0) is 14.8 Å². The van der Waals surface area contributed by atoms with Gasteiger partial charge in [-0.1, -0.05) is 17.7 Å². The summed E-state index contributed by atoms with van der Waals surface area (Å²) >= 11 is 2.17. The fourth-order valence-corrected chi connectivity index (χ4v) is 3.42. The summed E-state index contributed by atoms with van der Waals surface area (Å²) in [4.78, 5) is 12.3. The highest BCUT2D eigenvalue weighted by Crippen LogP contribution is 2.13. The van der Waals surface area contributed by atoms with Gasteiger partial charge in [0, 0.05) is 9.26 Å². The van der Waals surface area contributed by atoms with E-state index in [1.807, 2.05) is 19.1 Å². The van der Waals surface area contributed by atoms with Crippen molar-refractivity contribution in [3.63, 3.8) is 0 Å². The molecule has 0 radical (unpaired) electrons. The number of anilines is 1. The first-order chi connectivity index (χ1) is 10.8. The lowest BCUT2D eigenvalue weighted by Gasteiger charge is -2.14. The standard InChI is InChI=1S/C16H17IN2O3S/c1-11-3-9-15(10-4-11)23(21,22)19-12(2)16(20)18-14-7-5-13(17)6-8-14/h3-10,12,19H,1-2H3,(H,18,20). The van der Waals surface area contributed by atoms with Gasteiger partial charge in [-0.2, -0.15) is 4.72 Å². The second-order valence-electron chi connectivity index (χ2n) is 5.15. The Hall–Kier alpha value is -1.45. The molecule has 1 unspecified atom stereocenters. The molecule has 0 saturated carbocycles. The minimum Gasteiger partial charge on any atom is -0.325 e. The minimum atomic E-state index is -3.73. The van der Waals surface area contributed by atoms with Gasteiger partial charge in [0.25, 0.3) is 0 Å². The Labute approximate surface area is 149 Å². The first-order valence-electron chi connectivity index (χ1n) is 6.93. The molecule has 7 heteroatoms. The van der Waals surface area contributed by atoms with Crippen molar-refractivity contribution >= 4 is 44.2 Å². The fourth-order valence-electron chi connectivity index (χ4n) is 1.86. The van der Waals surface area contributed by atoms with Crippen LogP contribution in [-0.4, -0.2) is 20.4 Å². The van der Waals surface area contributed by atoms with E-state index in [1.54, 1.807) is 24.3 Å². The maximum absolute atomic E-state index is 12.3. The van der Waals surface area contributed by atoms with Crippen LogP contribution < -0.4 is 10.0 Å². The van der Waals surface area contributed by atoms with Crippen molar-refractivity contribution in [2.45, 2.75) is 24.8 Å². The topological polar surface area (TPSA) is 75.3 Å². The second-order valence-corrected chi connectivity index (χ2v) is 8.11. The zero-order chi connectivity index (χ0) is 17.0. The van der Waals surface area contributed by atoms with Crippen LogP contribution in [0.15, 0.2) is 53.4 Å². The fraction of sp³-hybridized carbons (Fsp3) is 0.188. The van der Waals surface area contributed by atoms with Gasteiger partial charge in [-0.3, -0.25) is 4.79 Å². The molecule has 0 heterocycles. The molecule has 122 valence electrons. The van der Waals surface area contributed by atoms with E-state index in [-0.39, 0.29) is 4.90 Å². The quantitative estimate of drug-likeness (QED) is 0.697. The Kier molecular flexibility index (Phi) is 5.77. The lowest BCUT2D eigenvalue weighted by atomic mass is 10.2. The Bertz CT molecular complexity index is 787. The van der Waals surface area contributed by atoms with Crippen LogP contribution in [0.4, 0.5) is 5.69 Å².